The largest absolute Gasteiger partial charge is 0.490 e. The minimum absolute atomic E-state index is 0.0916. The van der Waals surface area contributed by atoms with Crippen LogP contribution in [-0.4, -0.2) is 54.5 Å². The molecule has 0 spiro atoms. The molecule has 1 fully saturated rings. The van der Waals surface area contributed by atoms with E-state index in [1.807, 2.05) is 27.7 Å². The molecule has 0 bridgehead atoms. The van der Waals surface area contributed by atoms with Crippen molar-refractivity contribution in [3.63, 3.8) is 0 Å². The number of rotatable bonds is 12. The van der Waals surface area contributed by atoms with Crippen LogP contribution in [0.25, 0.3) is 0 Å². The topological polar surface area (TPSA) is 105 Å². The fourth-order valence-electron chi connectivity index (χ4n) is 3.13. The van der Waals surface area contributed by atoms with Crippen molar-refractivity contribution in [3.05, 3.63) is 18.2 Å². The maximum absolute atomic E-state index is 12.8. The van der Waals surface area contributed by atoms with Gasteiger partial charge < -0.3 is 14.8 Å². The Labute approximate surface area is 182 Å². The van der Waals surface area contributed by atoms with Crippen LogP contribution in [-0.2, 0) is 14.4 Å². The quantitative estimate of drug-likeness (QED) is 0.401. The van der Waals surface area contributed by atoms with Gasteiger partial charge in [-0.15, -0.1) is 0 Å². The van der Waals surface area contributed by atoms with Crippen LogP contribution in [0, 0.1) is 0 Å². The molecule has 1 aliphatic rings. The lowest BCUT2D eigenvalue weighted by Gasteiger charge is -2.19. The fourth-order valence-corrected chi connectivity index (χ4v) is 3.13. The minimum Gasteiger partial charge on any atom is -0.490 e. The van der Waals surface area contributed by atoms with Gasteiger partial charge in [0.15, 0.2) is 11.5 Å². The minimum atomic E-state index is -1.04. The summed E-state index contributed by atoms with van der Waals surface area (Å²) >= 11 is 0. The number of nitrogens with zero attached hydrogens (tertiary/aromatic N) is 2. The van der Waals surface area contributed by atoms with Gasteiger partial charge in [-0.25, -0.2) is 14.6 Å². The van der Waals surface area contributed by atoms with E-state index in [1.165, 1.54) is 12.1 Å². The van der Waals surface area contributed by atoms with E-state index < -0.39 is 30.3 Å². The van der Waals surface area contributed by atoms with Crippen LogP contribution in [0.5, 0.6) is 11.5 Å². The highest BCUT2D eigenvalue weighted by atomic mass is 16.5. The average Bonchev–Trinajstić information content (AvgIpc) is 2.94. The number of urea groups is 1. The number of ether oxygens (including phenoxy) is 2. The summed E-state index contributed by atoms with van der Waals surface area (Å²) in [5.74, 6) is -1.67. The molecule has 1 saturated heterocycles. The van der Waals surface area contributed by atoms with Gasteiger partial charge in [0.1, 0.15) is 6.54 Å². The number of hydrogen-bond acceptors (Lipinski definition) is 6. The summed E-state index contributed by atoms with van der Waals surface area (Å²) in [6, 6.07) is 3.65. The highest BCUT2D eigenvalue weighted by Crippen LogP contribution is 2.34. The second kappa shape index (κ2) is 11.3. The molecule has 1 aromatic rings. The molecular weight excluding hydrogens is 402 g/mol. The SMILES string of the molecule is CCCOc1ccc(N2C(=O)C(=O)N(CC(=O)NC(C)CCC)C2=O)cc1OCCC. The standard InChI is InChI=1S/C22H31N3O6/c1-5-8-15(4)23-19(26)14-24-20(27)21(28)25(22(24)29)16-9-10-17(30-11-6-2)18(13-16)31-12-7-3/h9-10,13,15H,5-8,11-12,14H2,1-4H3,(H,23,26). The first kappa shape index (κ1) is 24.2. The van der Waals surface area contributed by atoms with Crippen LogP contribution in [0.2, 0.25) is 0 Å². The summed E-state index contributed by atoms with van der Waals surface area (Å²) in [5.41, 5.74) is 0.181. The Morgan fingerprint density at radius 3 is 2.23 bits per heavy atom. The Hall–Kier alpha value is -3.10. The van der Waals surface area contributed by atoms with E-state index in [4.69, 9.17) is 9.47 Å². The molecular formula is C22H31N3O6. The Morgan fingerprint density at radius 2 is 1.61 bits per heavy atom. The summed E-state index contributed by atoms with van der Waals surface area (Å²) < 4.78 is 11.4. The Bertz CT molecular complexity index is 825. The van der Waals surface area contributed by atoms with Gasteiger partial charge in [0.2, 0.25) is 5.91 Å². The molecule has 0 radical (unpaired) electrons. The van der Waals surface area contributed by atoms with E-state index in [1.54, 1.807) is 6.07 Å². The number of amides is 5. The van der Waals surface area contributed by atoms with Gasteiger partial charge in [-0.3, -0.25) is 14.4 Å². The van der Waals surface area contributed by atoms with Crippen molar-refractivity contribution in [2.45, 2.75) is 59.4 Å². The summed E-state index contributed by atoms with van der Waals surface area (Å²) in [6.07, 6.45) is 3.22. The lowest BCUT2D eigenvalue weighted by atomic mass is 10.2. The number of imide groups is 2. The lowest BCUT2D eigenvalue weighted by molar-refractivity contribution is -0.140. The van der Waals surface area contributed by atoms with Gasteiger partial charge in [-0.05, 0) is 38.3 Å². The Balaban J connectivity index is 2.22. The zero-order chi connectivity index (χ0) is 23.0. The van der Waals surface area contributed by atoms with Crippen molar-refractivity contribution in [2.75, 3.05) is 24.7 Å². The van der Waals surface area contributed by atoms with Crippen molar-refractivity contribution in [2.24, 2.45) is 0 Å². The highest BCUT2D eigenvalue weighted by molar-refractivity contribution is 6.53. The van der Waals surface area contributed by atoms with Crippen LogP contribution < -0.4 is 19.7 Å². The van der Waals surface area contributed by atoms with Crippen molar-refractivity contribution in [1.29, 1.82) is 0 Å². The number of nitrogens with one attached hydrogen (secondary N) is 1. The smallest absolute Gasteiger partial charge is 0.339 e. The zero-order valence-electron chi connectivity index (χ0n) is 18.6. The van der Waals surface area contributed by atoms with E-state index in [9.17, 15) is 19.2 Å². The molecule has 9 nitrogen and oxygen atoms in total. The first-order chi connectivity index (χ1) is 14.8. The fraction of sp³-hybridized carbons (Fsp3) is 0.545. The maximum atomic E-state index is 12.8. The normalized spacial score (nSPS) is 14.8. The van der Waals surface area contributed by atoms with E-state index in [-0.39, 0.29) is 11.7 Å². The van der Waals surface area contributed by atoms with E-state index in [2.05, 4.69) is 5.32 Å². The molecule has 2 rings (SSSR count). The number of anilines is 1. The number of carbonyl (C=O) groups is 4. The lowest BCUT2D eigenvalue weighted by Crippen LogP contribution is -2.44. The Kier molecular flexibility index (Phi) is 8.84. The van der Waals surface area contributed by atoms with E-state index >= 15 is 0 Å². The average molecular weight is 434 g/mol. The van der Waals surface area contributed by atoms with Gasteiger partial charge in [-0.1, -0.05) is 27.2 Å². The molecule has 0 aromatic heterocycles. The van der Waals surface area contributed by atoms with Crippen LogP contribution in [0.1, 0.15) is 53.4 Å². The maximum Gasteiger partial charge on any atom is 0.339 e. The predicted molar refractivity (Wildman–Crippen MR) is 115 cm³/mol. The van der Waals surface area contributed by atoms with Gasteiger partial charge >= 0.3 is 17.8 Å². The molecule has 9 heteroatoms. The van der Waals surface area contributed by atoms with Crippen LogP contribution >= 0.6 is 0 Å². The summed E-state index contributed by atoms with van der Waals surface area (Å²) in [6.45, 7) is 8.16. The number of benzene rings is 1. The van der Waals surface area contributed by atoms with Crippen LogP contribution in [0.4, 0.5) is 10.5 Å². The third kappa shape index (κ3) is 5.96. The summed E-state index contributed by atoms with van der Waals surface area (Å²) in [4.78, 5) is 51.4. The second-order valence-corrected chi connectivity index (χ2v) is 7.40. The monoisotopic (exact) mass is 433 g/mol. The first-order valence-corrected chi connectivity index (χ1v) is 10.7. The van der Waals surface area contributed by atoms with E-state index in [0.29, 0.717) is 29.6 Å². The van der Waals surface area contributed by atoms with Gasteiger partial charge in [0.05, 0.1) is 18.9 Å². The van der Waals surface area contributed by atoms with E-state index in [0.717, 1.165) is 30.6 Å². The van der Waals surface area contributed by atoms with Gasteiger partial charge in [-0.2, -0.15) is 0 Å². The number of hydrogen-bond donors (Lipinski definition) is 1. The molecule has 0 saturated carbocycles. The Morgan fingerprint density at radius 1 is 0.968 bits per heavy atom. The van der Waals surface area contributed by atoms with Gasteiger partial charge in [0, 0.05) is 12.1 Å². The predicted octanol–water partition coefficient (Wildman–Crippen LogP) is 2.86. The molecule has 1 unspecified atom stereocenters. The van der Waals surface area contributed by atoms with Crippen LogP contribution in [0.15, 0.2) is 18.2 Å². The molecule has 1 aliphatic heterocycles. The van der Waals surface area contributed by atoms with Gasteiger partial charge in [0.25, 0.3) is 0 Å². The molecule has 1 N–H and O–H groups in total. The van der Waals surface area contributed by atoms with Crippen molar-refractivity contribution >= 4 is 29.4 Å². The third-order valence-corrected chi connectivity index (χ3v) is 4.59. The van der Waals surface area contributed by atoms with Crippen LogP contribution in [0.3, 0.4) is 0 Å². The summed E-state index contributed by atoms with van der Waals surface area (Å²) in [5, 5.41) is 2.73. The molecule has 0 aliphatic carbocycles. The van der Waals surface area contributed by atoms with Crippen molar-refractivity contribution in [3.8, 4) is 11.5 Å². The molecule has 170 valence electrons. The molecule has 31 heavy (non-hydrogen) atoms. The molecule has 1 atom stereocenters. The molecule has 1 aromatic carbocycles. The second-order valence-electron chi connectivity index (χ2n) is 7.40. The van der Waals surface area contributed by atoms with Crippen molar-refractivity contribution < 1.29 is 28.7 Å². The van der Waals surface area contributed by atoms with Crippen molar-refractivity contribution in [1.82, 2.24) is 10.2 Å². The molecule has 1 heterocycles. The highest BCUT2D eigenvalue weighted by Gasteiger charge is 2.46. The molecule has 5 amide bonds. The first-order valence-electron chi connectivity index (χ1n) is 10.7. The number of carbonyl (C=O) groups excluding carboxylic acids is 4. The zero-order valence-corrected chi connectivity index (χ0v) is 18.6. The summed E-state index contributed by atoms with van der Waals surface area (Å²) in [7, 11) is 0. The third-order valence-electron chi connectivity index (χ3n) is 4.59.